The van der Waals surface area contributed by atoms with Gasteiger partial charge in [0, 0.05) is 9.61 Å². The number of nitrogens with one attached hydrogen (secondary N) is 1. The van der Waals surface area contributed by atoms with Gasteiger partial charge in [-0.2, -0.15) is 0 Å². The number of hydrogen-bond acceptors (Lipinski definition) is 1. The van der Waals surface area contributed by atoms with Crippen LogP contribution in [0.3, 0.4) is 0 Å². The standard InChI is InChI=1S/C18H20INO/c1-13-8-11-16(17(19)12-13)18(21)20-14(2)9-10-15-6-4-3-5-7-15/h3-8,11-12,14H,9-10H2,1-2H3,(H,20,21)/t14-/m0/s1. The molecule has 2 nitrogen and oxygen atoms in total. The second-order valence-electron chi connectivity index (χ2n) is 5.38. The van der Waals surface area contributed by atoms with E-state index >= 15 is 0 Å². The van der Waals surface area contributed by atoms with E-state index in [4.69, 9.17) is 0 Å². The van der Waals surface area contributed by atoms with Gasteiger partial charge in [0.1, 0.15) is 0 Å². The zero-order valence-electron chi connectivity index (χ0n) is 12.4. The molecule has 21 heavy (non-hydrogen) atoms. The Morgan fingerprint density at radius 2 is 1.90 bits per heavy atom. The normalized spacial score (nSPS) is 12.0. The van der Waals surface area contributed by atoms with Crippen molar-refractivity contribution >= 4 is 28.5 Å². The SMILES string of the molecule is Cc1ccc(C(=O)N[C@@H](C)CCc2ccccc2)c(I)c1. The first kappa shape index (κ1) is 16.0. The molecule has 0 heterocycles. The molecule has 0 aliphatic rings. The van der Waals surface area contributed by atoms with Crippen LogP contribution in [0.25, 0.3) is 0 Å². The highest BCUT2D eigenvalue weighted by molar-refractivity contribution is 14.1. The van der Waals surface area contributed by atoms with Gasteiger partial charge in [0.05, 0.1) is 5.56 Å². The lowest BCUT2D eigenvalue weighted by atomic mass is 10.1. The maximum Gasteiger partial charge on any atom is 0.252 e. The van der Waals surface area contributed by atoms with Crippen LogP contribution in [-0.4, -0.2) is 11.9 Å². The van der Waals surface area contributed by atoms with Crippen LogP contribution in [-0.2, 0) is 6.42 Å². The Hall–Kier alpha value is -1.36. The molecule has 2 rings (SSSR count). The topological polar surface area (TPSA) is 29.1 Å². The molecule has 0 bridgehead atoms. The fourth-order valence-corrected chi connectivity index (χ4v) is 3.12. The van der Waals surface area contributed by atoms with E-state index in [1.165, 1.54) is 11.1 Å². The zero-order chi connectivity index (χ0) is 15.2. The van der Waals surface area contributed by atoms with E-state index < -0.39 is 0 Å². The number of carbonyl (C=O) groups is 1. The first-order chi connectivity index (χ1) is 10.1. The van der Waals surface area contributed by atoms with Gasteiger partial charge in [0.2, 0.25) is 0 Å². The minimum absolute atomic E-state index is 0.0139. The first-order valence-corrected chi connectivity index (χ1v) is 8.25. The molecule has 0 saturated carbocycles. The molecule has 0 aliphatic carbocycles. The molecule has 0 aliphatic heterocycles. The summed E-state index contributed by atoms with van der Waals surface area (Å²) in [5.41, 5.74) is 3.24. The summed E-state index contributed by atoms with van der Waals surface area (Å²) in [4.78, 5) is 12.3. The fourth-order valence-electron chi connectivity index (χ4n) is 2.21. The Labute approximate surface area is 140 Å². The number of halogens is 1. The molecule has 1 N–H and O–H groups in total. The van der Waals surface area contributed by atoms with Gasteiger partial charge < -0.3 is 5.32 Å². The molecule has 2 aromatic rings. The van der Waals surface area contributed by atoms with Crippen molar-refractivity contribution < 1.29 is 4.79 Å². The van der Waals surface area contributed by atoms with Gasteiger partial charge in [-0.3, -0.25) is 4.79 Å². The third kappa shape index (κ3) is 4.84. The van der Waals surface area contributed by atoms with E-state index in [-0.39, 0.29) is 11.9 Å². The van der Waals surface area contributed by atoms with Crippen LogP contribution in [0.4, 0.5) is 0 Å². The minimum Gasteiger partial charge on any atom is -0.350 e. The van der Waals surface area contributed by atoms with E-state index in [1.54, 1.807) is 0 Å². The predicted molar refractivity (Wildman–Crippen MR) is 95.6 cm³/mol. The van der Waals surface area contributed by atoms with Gasteiger partial charge in [-0.25, -0.2) is 0 Å². The molecule has 0 fully saturated rings. The number of benzene rings is 2. The molecule has 0 aromatic heterocycles. The molecule has 0 unspecified atom stereocenters. The maximum absolute atomic E-state index is 12.3. The molecule has 1 atom stereocenters. The molecule has 3 heteroatoms. The predicted octanol–water partition coefficient (Wildman–Crippen LogP) is 4.35. The largest absolute Gasteiger partial charge is 0.350 e. The summed E-state index contributed by atoms with van der Waals surface area (Å²) in [6, 6.07) is 16.4. The second-order valence-corrected chi connectivity index (χ2v) is 6.54. The Bertz CT molecular complexity index is 610. The van der Waals surface area contributed by atoms with Gasteiger partial charge in [-0.1, -0.05) is 42.0 Å². The second kappa shape index (κ2) is 7.59. The third-order valence-corrected chi connectivity index (χ3v) is 4.35. The van der Waals surface area contributed by atoms with Gasteiger partial charge in [0.25, 0.3) is 5.91 Å². The number of hydrogen-bond donors (Lipinski definition) is 1. The van der Waals surface area contributed by atoms with Crippen molar-refractivity contribution in [2.24, 2.45) is 0 Å². The minimum atomic E-state index is 0.0139. The third-order valence-electron chi connectivity index (χ3n) is 3.46. The van der Waals surface area contributed by atoms with E-state index in [9.17, 15) is 4.79 Å². The highest BCUT2D eigenvalue weighted by Crippen LogP contribution is 2.14. The van der Waals surface area contributed by atoms with Crippen molar-refractivity contribution in [2.45, 2.75) is 32.7 Å². The van der Waals surface area contributed by atoms with Crippen molar-refractivity contribution in [1.29, 1.82) is 0 Å². The summed E-state index contributed by atoms with van der Waals surface area (Å²) < 4.78 is 1.00. The fraction of sp³-hybridized carbons (Fsp3) is 0.278. The van der Waals surface area contributed by atoms with E-state index in [0.29, 0.717) is 0 Å². The van der Waals surface area contributed by atoms with Crippen molar-refractivity contribution in [3.8, 4) is 0 Å². The maximum atomic E-state index is 12.3. The van der Waals surface area contributed by atoms with Crippen LogP contribution in [0.2, 0.25) is 0 Å². The molecule has 1 amide bonds. The molecule has 110 valence electrons. The smallest absolute Gasteiger partial charge is 0.252 e. The van der Waals surface area contributed by atoms with Crippen LogP contribution >= 0.6 is 22.6 Å². The first-order valence-electron chi connectivity index (χ1n) is 7.17. The van der Waals surface area contributed by atoms with Crippen molar-refractivity contribution in [3.63, 3.8) is 0 Å². The van der Waals surface area contributed by atoms with E-state index in [0.717, 1.165) is 22.0 Å². The van der Waals surface area contributed by atoms with Crippen LogP contribution in [0.5, 0.6) is 0 Å². The summed E-state index contributed by atoms with van der Waals surface area (Å²) in [6.07, 6.45) is 1.92. The van der Waals surface area contributed by atoms with E-state index in [2.05, 4.69) is 47.0 Å². The Morgan fingerprint density at radius 3 is 2.57 bits per heavy atom. The Morgan fingerprint density at radius 1 is 1.19 bits per heavy atom. The summed E-state index contributed by atoms with van der Waals surface area (Å²) in [7, 11) is 0. The summed E-state index contributed by atoms with van der Waals surface area (Å²) in [6.45, 7) is 4.09. The van der Waals surface area contributed by atoms with Crippen LogP contribution in [0.1, 0.15) is 34.8 Å². The van der Waals surface area contributed by atoms with Gasteiger partial charge in [-0.05, 0) is 67.0 Å². The monoisotopic (exact) mass is 393 g/mol. The number of amides is 1. The van der Waals surface area contributed by atoms with Gasteiger partial charge in [0.15, 0.2) is 0 Å². The lowest BCUT2D eigenvalue weighted by molar-refractivity contribution is 0.0937. The van der Waals surface area contributed by atoms with Crippen molar-refractivity contribution in [2.75, 3.05) is 0 Å². The highest BCUT2D eigenvalue weighted by Gasteiger charge is 2.12. The lowest BCUT2D eigenvalue weighted by Crippen LogP contribution is -2.33. The number of rotatable bonds is 5. The Balaban J connectivity index is 1.90. The molecule has 0 saturated heterocycles. The molecule has 0 radical (unpaired) electrons. The molecule has 0 spiro atoms. The molecular weight excluding hydrogens is 373 g/mol. The van der Waals surface area contributed by atoms with Crippen LogP contribution < -0.4 is 5.32 Å². The Kier molecular flexibility index (Phi) is 5.79. The molecular formula is C18H20INO. The van der Waals surface area contributed by atoms with Crippen molar-refractivity contribution in [3.05, 3.63) is 68.8 Å². The molecule has 2 aromatic carbocycles. The van der Waals surface area contributed by atoms with Crippen molar-refractivity contribution in [1.82, 2.24) is 5.32 Å². The van der Waals surface area contributed by atoms with Gasteiger partial charge in [-0.15, -0.1) is 0 Å². The van der Waals surface area contributed by atoms with Crippen LogP contribution in [0, 0.1) is 10.5 Å². The van der Waals surface area contributed by atoms with Crippen LogP contribution in [0.15, 0.2) is 48.5 Å². The zero-order valence-corrected chi connectivity index (χ0v) is 14.6. The lowest BCUT2D eigenvalue weighted by Gasteiger charge is -2.15. The van der Waals surface area contributed by atoms with E-state index in [1.807, 2.05) is 43.3 Å². The summed E-state index contributed by atoms with van der Waals surface area (Å²) in [5, 5.41) is 3.08. The average Bonchev–Trinajstić information content (AvgIpc) is 2.46. The highest BCUT2D eigenvalue weighted by atomic mass is 127. The summed E-state index contributed by atoms with van der Waals surface area (Å²) >= 11 is 2.22. The number of aryl methyl sites for hydroxylation is 2. The quantitative estimate of drug-likeness (QED) is 0.752. The number of carbonyl (C=O) groups excluding carboxylic acids is 1. The van der Waals surface area contributed by atoms with Gasteiger partial charge >= 0.3 is 0 Å². The average molecular weight is 393 g/mol. The summed E-state index contributed by atoms with van der Waals surface area (Å²) in [5.74, 6) is 0.0139.